The van der Waals surface area contributed by atoms with Gasteiger partial charge < -0.3 is 37.9 Å². The summed E-state index contributed by atoms with van der Waals surface area (Å²) in [5.74, 6) is -0.526. The Morgan fingerprint density at radius 2 is 0.850 bits per heavy atom. The fraction of sp³-hybridized carbons (Fsp3) is 0.933. The van der Waals surface area contributed by atoms with E-state index in [2.05, 4.69) is 6.92 Å². The van der Waals surface area contributed by atoms with E-state index in [1.807, 2.05) is 20.8 Å². The van der Waals surface area contributed by atoms with Crippen molar-refractivity contribution >= 4 is 11.9 Å². The molecular formula is C30H58O10. The normalized spacial score (nSPS) is 11.6. The second-order valence-electron chi connectivity index (χ2n) is 10.5. The minimum atomic E-state index is -0.508. The van der Waals surface area contributed by atoms with Gasteiger partial charge in [-0.25, -0.2) is 4.79 Å². The van der Waals surface area contributed by atoms with E-state index in [9.17, 15) is 9.59 Å². The molecule has 0 aliphatic heterocycles. The second-order valence-corrected chi connectivity index (χ2v) is 10.5. The first-order chi connectivity index (χ1) is 19.3. The Bertz CT molecular complexity index is 565. The summed E-state index contributed by atoms with van der Waals surface area (Å²) in [5, 5.41) is 0. The summed E-state index contributed by atoms with van der Waals surface area (Å²) in [6, 6.07) is 0. The lowest BCUT2D eigenvalue weighted by Crippen LogP contribution is -2.27. The van der Waals surface area contributed by atoms with Gasteiger partial charge in [0.05, 0.1) is 72.7 Å². The van der Waals surface area contributed by atoms with E-state index in [0.717, 1.165) is 12.8 Å². The molecular weight excluding hydrogens is 520 g/mol. The number of hydrogen-bond acceptors (Lipinski definition) is 10. The molecule has 0 aliphatic carbocycles. The standard InChI is InChI=1S/C30H58O10/c1-5-6-7-8-9-10-11-12-13-14-28(31)39-26-25-37-22-21-35-18-17-33-15-16-34-19-20-36-23-24-38-27-29(32)40-30(2,3)4/h5-27H2,1-4H3. The van der Waals surface area contributed by atoms with Crippen LogP contribution >= 0.6 is 0 Å². The monoisotopic (exact) mass is 578 g/mol. The topological polar surface area (TPSA) is 108 Å². The highest BCUT2D eigenvalue weighted by Crippen LogP contribution is 2.11. The van der Waals surface area contributed by atoms with Crippen molar-refractivity contribution in [1.82, 2.24) is 0 Å². The summed E-state index contributed by atoms with van der Waals surface area (Å²) < 4.78 is 42.7. The average molecular weight is 579 g/mol. The number of carbonyl (C=O) groups excluding carboxylic acids is 2. The quantitative estimate of drug-likeness (QED) is 0.0863. The molecule has 0 unspecified atom stereocenters. The lowest BCUT2D eigenvalue weighted by atomic mass is 10.1. The highest BCUT2D eigenvalue weighted by molar-refractivity contribution is 5.71. The molecule has 0 aliphatic rings. The van der Waals surface area contributed by atoms with Crippen LogP contribution in [0, 0.1) is 0 Å². The molecule has 0 heterocycles. The van der Waals surface area contributed by atoms with Crippen molar-refractivity contribution in [2.24, 2.45) is 0 Å². The highest BCUT2D eigenvalue weighted by atomic mass is 16.6. The Morgan fingerprint density at radius 3 is 1.27 bits per heavy atom. The molecule has 40 heavy (non-hydrogen) atoms. The molecule has 0 atom stereocenters. The largest absolute Gasteiger partial charge is 0.463 e. The van der Waals surface area contributed by atoms with Crippen LogP contribution in [0.5, 0.6) is 0 Å². The summed E-state index contributed by atoms with van der Waals surface area (Å²) >= 11 is 0. The minimum absolute atomic E-state index is 0.0815. The molecule has 0 amide bonds. The molecule has 10 heteroatoms. The average Bonchev–Trinajstić information content (AvgIpc) is 2.90. The van der Waals surface area contributed by atoms with Crippen LogP contribution in [0.25, 0.3) is 0 Å². The zero-order valence-corrected chi connectivity index (χ0v) is 25.8. The predicted octanol–water partition coefficient (Wildman–Crippen LogP) is 4.89. The molecule has 0 fully saturated rings. The maximum Gasteiger partial charge on any atom is 0.332 e. The van der Waals surface area contributed by atoms with E-state index in [4.69, 9.17) is 37.9 Å². The lowest BCUT2D eigenvalue weighted by molar-refractivity contribution is -0.160. The molecule has 0 aromatic rings. The predicted molar refractivity (Wildman–Crippen MR) is 154 cm³/mol. The van der Waals surface area contributed by atoms with E-state index < -0.39 is 5.60 Å². The van der Waals surface area contributed by atoms with Crippen LogP contribution in [0.2, 0.25) is 0 Å². The third kappa shape index (κ3) is 32.9. The molecule has 0 saturated carbocycles. The Morgan fingerprint density at radius 1 is 0.475 bits per heavy atom. The highest BCUT2D eigenvalue weighted by Gasteiger charge is 2.15. The van der Waals surface area contributed by atoms with Crippen molar-refractivity contribution in [1.29, 1.82) is 0 Å². The van der Waals surface area contributed by atoms with Crippen molar-refractivity contribution in [3.05, 3.63) is 0 Å². The molecule has 10 nitrogen and oxygen atoms in total. The number of esters is 2. The van der Waals surface area contributed by atoms with Gasteiger partial charge in [-0.1, -0.05) is 58.3 Å². The maximum atomic E-state index is 11.7. The molecule has 0 spiro atoms. The van der Waals surface area contributed by atoms with Crippen molar-refractivity contribution < 1.29 is 47.5 Å². The molecule has 0 radical (unpaired) electrons. The molecule has 238 valence electrons. The summed E-state index contributed by atoms with van der Waals surface area (Å²) in [6.45, 7) is 12.7. The van der Waals surface area contributed by atoms with Crippen LogP contribution < -0.4 is 0 Å². The smallest absolute Gasteiger partial charge is 0.332 e. The van der Waals surface area contributed by atoms with Crippen molar-refractivity contribution in [2.75, 3.05) is 85.9 Å². The third-order valence-corrected chi connectivity index (χ3v) is 5.48. The van der Waals surface area contributed by atoms with Gasteiger partial charge in [-0.05, 0) is 27.2 Å². The maximum absolute atomic E-state index is 11.7. The van der Waals surface area contributed by atoms with E-state index in [1.54, 1.807) is 0 Å². The van der Waals surface area contributed by atoms with Crippen molar-refractivity contribution in [2.45, 2.75) is 97.5 Å². The number of ether oxygens (including phenoxy) is 8. The molecule has 0 bridgehead atoms. The second kappa shape index (κ2) is 29.2. The first kappa shape index (κ1) is 38.7. The van der Waals surface area contributed by atoms with E-state index in [0.29, 0.717) is 79.1 Å². The van der Waals surface area contributed by atoms with E-state index >= 15 is 0 Å². The Kier molecular flexibility index (Phi) is 28.3. The third-order valence-electron chi connectivity index (χ3n) is 5.48. The Balaban J connectivity index is 3.19. The summed E-state index contributed by atoms with van der Waals surface area (Å²) in [7, 11) is 0. The van der Waals surface area contributed by atoms with Gasteiger partial charge in [0, 0.05) is 6.42 Å². The summed E-state index contributed by atoms with van der Waals surface area (Å²) in [4.78, 5) is 23.2. The van der Waals surface area contributed by atoms with Crippen molar-refractivity contribution in [3.63, 3.8) is 0 Å². The summed E-state index contributed by atoms with van der Waals surface area (Å²) in [5.41, 5.74) is -0.508. The first-order valence-corrected chi connectivity index (χ1v) is 15.2. The van der Waals surface area contributed by atoms with Gasteiger partial charge in [0.25, 0.3) is 0 Å². The van der Waals surface area contributed by atoms with E-state index in [-0.39, 0.29) is 25.2 Å². The van der Waals surface area contributed by atoms with Gasteiger partial charge in [0.15, 0.2) is 0 Å². The van der Waals surface area contributed by atoms with Crippen LogP contribution in [0.1, 0.15) is 91.9 Å². The van der Waals surface area contributed by atoms with Gasteiger partial charge in [0.1, 0.15) is 18.8 Å². The molecule has 0 rings (SSSR count). The first-order valence-electron chi connectivity index (χ1n) is 15.2. The Labute approximate surface area is 243 Å². The minimum Gasteiger partial charge on any atom is -0.463 e. The van der Waals surface area contributed by atoms with Gasteiger partial charge in [-0.2, -0.15) is 0 Å². The van der Waals surface area contributed by atoms with Crippen LogP contribution in [0.15, 0.2) is 0 Å². The fourth-order valence-electron chi connectivity index (χ4n) is 3.49. The SMILES string of the molecule is CCCCCCCCCCCC(=O)OCCOCCOCCOCCOCCOCCOCC(=O)OC(C)(C)C. The van der Waals surface area contributed by atoms with Gasteiger partial charge in [0.2, 0.25) is 0 Å². The van der Waals surface area contributed by atoms with E-state index in [1.165, 1.54) is 44.9 Å². The van der Waals surface area contributed by atoms with Gasteiger partial charge >= 0.3 is 11.9 Å². The van der Waals surface area contributed by atoms with Crippen LogP contribution in [-0.2, 0) is 47.5 Å². The molecule has 0 saturated heterocycles. The molecule has 0 N–H and O–H groups in total. The zero-order valence-electron chi connectivity index (χ0n) is 25.8. The van der Waals surface area contributed by atoms with Crippen molar-refractivity contribution in [3.8, 4) is 0 Å². The number of carbonyl (C=O) groups is 2. The molecule has 0 aromatic heterocycles. The van der Waals surface area contributed by atoms with Gasteiger partial charge in [-0.3, -0.25) is 4.79 Å². The van der Waals surface area contributed by atoms with Crippen LogP contribution in [0.3, 0.4) is 0 Å². The summed E-state index contributed by atoms with van der Waals surface area (Å²) in [6.07, 6.45) is 11.6. The fourth-order valence-corrected chi connectivity index (χ4v) is 3.49. The van der Waals surface area contributed by atoms with Crippen LogP contribution in [-0.4, -0.2) is 103 Å². The van der Waals surface area contributed by atoms with Crippen LogP contribution in [0.4, 0.5) is 0 Å². The Hall–Kier alpha value is -1.30. The number of unbranched alkanes of at least 4 members (excludes halogenated alkanes) is 8. The molecule has 0 aromatic carbocycles. The number of hydrogen-bond donors (Lipinski definition) is 0. The zero-order chi connectivity index (χ0) is 29.6. The van der Waals surface area contributed by atoms with Gasteiger partial charge in [-0.15, -0.1) is 0 Å². The lowest BCUT2D eigenvalue weighted by Gasteiger charge is -2.19. The number of rotatable bonds is 30.